The van der Waals surface area contributed by atoms with E-state index in [2.05, 4.69) is 25.6 Å². The molecule has 0 spiro atoms. The van der Waals surface area contributed by atoms with Crippen molar-refractivity contribution >= 4 is 17.5 Å². The zero-order valence-corrected chi connectivity index (χ0v) is 11.4. The van der Waals surface area contributed by atoms with Gasteiger partial charge in [0.25, 0.3) is 0 Å². The first-order valence-electron chi connectivity index (χ1n) is 6.91. The van der Waals surface area contributed by atoms with Crippen LogP contribution in [-0.2, 0) is 4.79 Å². The standard InChI is InChI=1S/C14H24OS/c1-3-10(4-2)7-14(15)11-8-12-5-6-13(9-11)16-12/h10-13H,3-9H2,1-2H3. The lowest BCUT2D eigenvalue weighted by Crippen LogP contribution is -2.26. The maximum absolute atomic E-state index is 12.2. The summed E-state index contributed by atoms with van der Waals surface area (Å²) in [4.78, 5) is 12.2. The Morgan fingerprint density at radius 1 is 1.19 bits per heavy atom. The first-order chi connectivity index (χ1) is 7.72. The van der Waals surface area contributed by atoms with Crippen LogP contribution in [0.4, 0.5) is 0 Å². The van der Waals surface area contributed by atoms with Gasteiger partial charge in [0.05, 0.1) is 0 Å². The summed E-state index contributed by atoms with van der Waals surface area (Å²) in [6.07, 6.45) is 8.27. The Labute approximate surface area is 104 Å². The molecule has 2 bridgehead atoms. The van der Waals surface area contributed by atoms with E-state index in [0.29, 0.717) is 17.6 Å². The van der Waals surface area contributed by atoms with Crippen molar-refractivity contribution in [1.29, 1.82) is 0 Å². The van der Waals surface area contributed by atoms with Crippen molar-refractivity contribution in [2.75, 3.05) is 0 Å². The number of Topliss-reactive ketones (excluding diaryl/α,β-unsaturated/α-hetero) is 1. The summed E-state index contributed by atoms with van der Waals surface area (Å²) in [6.45, 7) is 4.42. The molecule has 2 unspecified atom stereocenters. The normalized spacial score (nSPS) is 33.3. The molecule has 0 aromatic carbocycles. The molecule has 1 nitrogen and oxygen atoms in total. The minimum atomic E-state index is 0.416. The minimum absolute atomic E-state index is 0.416. The average Bonchev–Trinajstić information content (AvgIpc) is 2.64. The van der Waals surface area contributed by atoms with Crippen LogP contribution in [0.1, 0.15) is 58.8 Å². The van der Waals surface area contributed by atoms with Gasteiger partial charge in [-0.1, -0.05) is 26.7 Å². The van der Waals surface area contributed by atoms with E-state index in [1.165, 1.54) is 25.7 Å². The van der Waals surface area contributed by atoms with E-state index >= 15 is 0 Å². The summed E-state index contributed by atoms with van der Waals surface area (Å²) in [5.74, 6) is 1.63. The molecular formula is C14H24OS. The molecule has 0 aromatic rings. The molecule has 2 heteroatoms. The smallest absolute Gasteiger partial charge is 0.136 e. The summed E-state index contributed by atoms with van der Waals surface area (Å²) in [5, 5.41) is 1.63. The topological polar surface area (TPSA) is 17.1 Å². The van der Waals surface area contributed by atoms with Gasteiger partial charge in [-0.25, -0.2) is 0 Å². The van der Waals surface area contributed by atoms with Crippen LogP contribution in [0.25, 0.3) is 0 Å². The van der Waals surface area contributed by atoms with E-state index in [4.69, 9.17) is 0 Å². The maximum atomic E-state index is 12.2. The highest BCUT2D eigenvalue weighted by molar-refractivity contribution is 8.00. The predicted octanol–water partition coefficient (Wildman–Crippen LogP) is 4.06. The number of thioether (sulfide) groups is 1. The fraction of sp³-hybridized carbons (Fsp3) is 0.929. The number of hydrogen-bond acceptors (Lipinski definition) is 2. The van der Waals surface area contributed by atoms with Gasteiger partial charge < -0.3 is 0 Å². The Hall–Kier alpha value is 0.0200. The van der Waals surface area contributed by atoms with Gasteiger partial charge in [0.1, 0.15) is 5.78 Å². The van der Waals surface area contributed by atoms with E-state index < -0.39 is 0 Å². The fourth-order valence-corrected chi connectivity index (χ4v) is 4.92. The molecule has 92 valence electrons. The molecule has 2 rings (SSSR count). The van der Waals surface area contributed by atoms with Crippen molar-refractivity contribution in [3.05, 3.63) is 0 Å². The highest BCUT2D eigenvalue weighted by Gasteiger charge is 2.37. The third-order valence-electron chi connectivity index (χ3n) is 4.39. The third kappa shape index (κ3) is 2.82. The number of hydrogen-bond donors (Lipinski definition) is 0. The van der Waals surface area contributed by atoms with Crippen molar-refractivity contribution in [3.8, 4) is 0 Å². The Morgan fingerprint density at radius 2 is 1.75 bits per heavy atom. The zero-order valence-electron chi connectivity index (χ0n) is 10.6. The van der Waals surface area contributed by atoms with Gasteiger partial charge >= 0.3 is 0 Å². The monoisotopic (exact) mass is 240 g/mol. The van der Waals surface area contributed by atoms with Crippen molar-refractivity contribution in [2.24, 2.45) is 11.8 Å². The molecule has 0 saturated carbocycles. The van der Waals surface area contributed by atoms with E-state index in [0.717, 1.165) is 29.8 Å². The number of carbonyl (C=O) groups is 1. The Bertz CT molecular complexity index is 235. The van der Waals surface area contributed by atoms with Crippen LogP contribution in [0.2, 0.25) is 0 Å². The maximum Gasteiger partial charge on any atom is 0.136 e. The summed E-state index contributed by atoms with van der Waals surface area (Å²) < 4.78 is 0. The van der Waals surface area contributed by atoms with Gasteiger partial charge in [0.2, 0.25) is 0 Å². The Kier molecular flexibility index (Phi) is 4.34. The molecule has 2 fully saturated rings. The van der Waals surface area contributed by atoms with Gasteiger partial charge in [0, 0.05) is 22.8 Å². The van der Waals surface area contributed by atoms with E-state index in [9.17, 15) is 4.79 Å². The van der Waals surface area contributed by atoms with Crippen molar-refractivity contribution in [1.82, 2.24) is 0 Å². The second-order valence-electron chi connectivity index (χ2n) is 5.48. The lowest BCUT2D eigenvalue weighted by Gasteiger charge is -2.27. The number of carbonyl (C=O) groups excluding carboxylic acids is 1. The lowest BCUT2D eigenvalue weighted by molar-refractivity contribution is -0.124. The zero-order chi connectivity index (χ0) is 11.5. The molecule has 2 saturated heterocycles. The first kappa shape index (κ1) is 12.5. The van der Waals surface area contributed by atoms with Gasteiger partial charge in [-0.05, 0) is 31.6 Å². The van der Waals surface area contributed by atoms with Crippen LogP contribution in [-0.4, -0.2) is 16.3 Å². The quantitative estimate of drug-likeness (QED) is 0.721. The summed E-state index contributed by atoms with van der Waals surface area (Å²) in [6, 6.07) is 0. The number of fused-ring (bicyclic) bond motifs is 2. The van der Waals surface area contributed by atoms with Crippen LogP contribution < -0.4 is 0 Å². The van der Waals surface area contributed by atoms with Crippen molar-refractivity contribution in [3.63, 3.8) is 0 Å². The Balaban J connectivity index is 1.85. The number of ketones is 1. The van der Waals surface area contributed by atoms with E-state index in [1.54, 1.807) is 0 Å². The SMILES string of the molecule is CCC(CC)CC(=O)C1CC2CCC(C1)S2. The molecular weight excluding hydrogens is 216 g/mol. The van der Waals surface area contributed by atoms with Crippen molar-refractivity contribution in [2.45, 2.75) is 69.3 Å². The van der Waals surface area contributed by atoms with Gasteiger partial charge in [0.15, 0.2) is 0 Å². The highest BCUT2D eigenvalue weighted by atomic mass is 32.2. The van der Waals surface area contributed by atoms with Gasteiger partial charge in [-0.15, -0.1) is 0 Å². The molecule has 16 heavy (non-hydrogen) atoms. The minimum Gasteiger partial charge on any atom is -0.299 e. The first-order valence-corrected chi connectivity index (χ1v) is 7.85. The average molecular weight is 240 g/mol. The summed E-state index contributed by atoms with van der Waals surface area (Å²) in [5.41, 5.74) is 0. The van der Waals surface area contributed by atoms with Crippen LogP contribution in [0.5, 0.6) is 0 Å². The third-order valence-corrected chi connectivity index (χ3v) is 6.02. The van der Waals surface area contributed by atoms with E-state index in [-0.39, 0.29) is 0 Å². The molecule has 0 radical (unpaired) electrons. The Morgan fingerprint density at radius 3 is 2.25 bits per heavy atom. The van der Waals surface area contributed by atoms with Crippen LogP contribution in [0.15, 0.2) is 0 Å². The molecule has 0 aromatic heterocycles. The predicted molar refractivity (Wildman–Crippen MR) is 70.8 cm³/mol. The molecule has 2 aliphatic heterocycles. The van der Waals surface area contributed by atoms with Crippen LogP contribution in [0, 0.1) is 11.8 Å². The van der Waals surface area contributed by atoms with E-state index in [1.807, 2.05) is 0 Å². The van der Waals surface area contributed by atoms with Crippen LogP contribution >= 0.6 is 11.8 Å². The largest absolute Gasteiger partial charge is 0.299 e. The summed E-state index contributed by atoms with van der Waals surface area (Å²) in [7, 11) is 0. The highest BCUT2D eigenvalue weighted by Crippen LogP contribution is 2.46. The fourth-order valence-electron chi connectivity index (χ4n) is 3.15. The second kappa shape index (κ2) is 5.57. The van der Waals surface area contributed by atoms with Crippen LogP contribution in [0.3, 0.4) is 0 Å². The molecule has 0 amide bonds. The number of rotatable bonds is 5. The van der Waals surface area contributed by atoms with Gasteiger partial charge in [-0.3, -0.25) is 4.79 Å². The summed E-state index contributed by atoms with van der Waals surface area (Å²) >= 11 is 2.15. The van der Waals surface area contributed by atoms with Gasteiger partial charge in [-0.2, -0.15) is 11.8 Å². The molecule has 0 aliphatic carbocycles. The molecule has 2 heterocycles. The molecule has 2 atom stereocenters. The lowest BCUT2D eigenvalue weighted by atomic mass is 9.87. The van der Waals surface area contributed by atoms with Crippen molar-refractivity contribution < 1.29 is 4.79 Å². The molecule has 0 N–H and O–H groups in total. The second-order valence-corrected chi connectivity index (χ2v) is 7.08. The molecule has 2 aliphatic rings.